The molecule has 0 aliphatic carbocycles. The number of hydrogen-bond acceptors (Lipinski definition) is 3. The quantitative estimate of drug-likeness (QED) is 0.927. The molecule has 1 heterocycles. The van der Waals surface area contributed by atoms with Crippen LogP contribution in [0.2, 0.25) is 5.02 Å². The van der Waals surface area contributed by atoms with Crippen molar-refractivity contribution in [2.45, 2.75) is 39.9 Å². The number of carbonyl (C=O) groups is 2. The number of fused-ring (bicyclic) bond motifs is 1. The van der Waals surface area contributed by atoms with Crippen LogP contribution in [0.3, 0.4) is 0 Å². The molecule has 1 amide bonds. The van der Waals surface area contributed by atoms with Crippen LogP contribution in [0.5, 0.6) is 0 Å². The third-order valence-electron chi connectivity index (χ3n) is 3.31. The summed E-state index contributed by atoms with van der Waals surface area (Å²) in [6, 6.07) is 5.26. The molecule has 2 rings (SSSR count). The number of carbonyl (C=O) groups excluding carboxylic acids is 1. The Bertz CT molecular complexity index is 594. The molecule has 1 N–H and O–H groups in total. The SMILES string of the molecule is CC(C)(C)CN1C(=O)[C@H](CC(=O)O)OCc2cc(Cl)ccc21. The predicted molar refractivity (Wildman–Crippen MR) is 84.1 cm³/mol. The minimum absolute atomic E-state index is 0.134. The Balaban J connectivity index is 2.42. The van der Waals surface area contributed by atoms with Gasteiger partial charge in [-0.1, -0.05) is 32.4 Å². The zero-order valence-electron chi connectivity index (χ0n) is 12.9. The standard InChI is InChI=1S/C16H20ClNO4/c1-16(2,3)9-18-12-5-4-11(17)6-10(12)8-22-13(15(18)21)7-14(19)20/h4-6,13H,7-9H2,1-3H3,(H,19,20)/t13-/m0/s1. The van der Waals surface area contributed by atoms with Crippen LogP contribution >= 0.6 is 11.6 Å². The summed E-state index contributed by atoms with van der Waals surface area (Å²) < 4.78 is 5.52. The van der Waals surface area contributed by atoms with E-state index in [0.29, 0.717) is 11.6 Å². The average molecular weight is 326 g/mol. The minimum Gasteiger partial charge on any atom is -0.481 e. The normalized spacial score (nSPS) is 18.8. The highest BCUT2D eigenvalue weighted by molar-refractivity contribution is 6.30. The summed E-state index contributed by atoms with van der Waals surface area (Å²) >= 11 is 6.01. The van der Waals surface area contributed by atoms with Crippen molar-refractivity contribution in [2.75, 3.05) is 11.4 Å². The highest BCUT2D eigenvalue weighted by atomic mass is 35.5. The van der Waals surface area contributed by atoms with Gasteiger partial charge >= 0.3 is 5.97 Å². The maximum Gasteiger partial charge on any atom is 0.306 e. The molecular weight excluding hydrogens is 306 g/mol. The molecule has 0 saturated carbocycles. The van der Waals surface area contributed by atoms with Gasteiger partial charge in [0.05, 0.1) is 13.0 Å². The van der Waals surface area contributed by atoms with Gasteiger partial charge in [0.1, 0.15) is 6.10 Å². The number of benzene rings is 1. The van der Waals surface area contributed by atoms with E-state index in [1.165, 1.54) is 0 Å². The van der Waals surface area contributed by atoms with Crippen molar-refractivity contribution in [2.24, 2.45) is 5.41 Å². The van der Waals surface area contributed by atoms with E-state index >= 15 is 0 Å². The first-order valence-corrected chi connectivity index (χ1v) is 7.48. The van der Waals surface area contributed by atoms with Gasteiger partial charge in [-0.15, -0.1) is 0 Å². The number of halogens is 1. The molecule has 6 heteroatoms. The number of nitrogens with zero attached hydrogens (tertiary/aromatic N) is 1. The zero-order valence-corrected chi connectivity index (χ0v) is 13.7. The average Bonchev–Trinajstić information content (AvgIpc) is 2.49. The lowest BCUT2D eigenvalue weighted by atomic mass is 9.95. The summed E-state index contributed by atoms with van der Waals surface area (Å²) in [5, 5.41) is 9.54. The molecule has 0 radical (unpaired) electrons. The van der Waals surface area contributed by atoms with Crippen LogP contribution in [0.4, 0.5) is 5.69 Å². The number of amides is 1. The lowest BCUT2D eigenvalue weighted by molar-refractivity contribution is -0.145. The molecule has 1 aromatic carbocycles. The second-order valence-electron chi connectivity index (χ2n) is 6.66. The number of hydrogen-bond donors (Lipinski definition) is 1. The molecule has 0 aromatic heterocycles. The van der Waals surface area contributed by atoms with Gasteiger partial charge in [-0.2, -0.15) is 0 Å². The highest BCUT2D eigenvalue weighted by Gasteiger charge is 2.34. The summed E-state index contributed by atoms with van der Waals surface area (Å²) in [6.45, 7) is 6.70. The van der Waals surface area contributed by atoms with Gasteiger partial charge in [0.25, 0.3) is 5.91 Å². The first kappa shape index (κ1) is 16.8. The van der Waals surface area contributed by atoms with Crippen LogP contribution in [-0.4, -0.2) is 29.6 Å². The third kappa shape index (κ3) is 3.99. The van der Waals surface area contributed by atoms with Gasteiger partial charge in [0.15, 0.2) is 0 Å². The van der Waals surface area contributed by atoms with E-state index in [0.717, 1.165) is 11.3 Å². The zero-order chi connectivity index (χ0) is 16.5. The molecule has 22 heavy (non-hydrogen) atoms. The molecule has 0 saturated heterocycles. The van der Waals surface area contributed by atoms with E-state index in [2.05, 4.69) is 0 Å². The molecule has 0 spiro atoms. The van der Waals surface area contributed by atoms with Crippen LogP contribution < -0.4 is 4.90 Å². The highest BCUT2D eigenvalue weighted by Crippen LogP contribution is 2.32. The van der Waals surface area contributed by atoms with Crippen LogP contribution in [0.1, 0.15) is 32.8 Å². The summed E-state index contributed by atoms with van der Waals surface area (Å²) in [5.41, 5.74) is 1.39. The fourth-order valence-corrected chi connectivity index (χ4v) is 2.62. The van der Waals surface area contributed by atoms with E-state index in [-0.39, 0.29) is 24.3 Å². The van der Waals surface area contributed by atoms with Crippen molar-refractivity contribution < 1.29 is 19.4 Å². The molecule has 1 aromatic rings. The topological polar surface area (TPSA) is 66.8 Å². The number of carboxylic acid groups (broad SMARTS) is 1. The van der Waals surface area contributed by atoms with E-state index in [1.54, 1.807) is 23.1 Å². The largest absolute Gasteiger partial charge is 0.481 e. The molecular formula is C16H20ClNO4. The van der Waals surface area contributed by atoms with E-state index in [4.69, 9.17) is 21.4 Å². The molecule has 1 aliphatic rings. The van der Waals surface area contributed by atoms with Gasteiger partial charge in [-0.25, -0.2) is 0 Å². The Morgan fingerprint density at radius 1 is 1.45 bits per heavy atom. The van der Waals surface area contributed by atoms with E-state index < -0.39 is 12.1 Å². The van der Waals surface area contributed by atoms with Crippen molar-refractivity contribution in [3.8, 4) is 0 Å². The summed E-state index contributed by atoms with van der Waals surface area (Å²) in [6.07, 6.45) is -1.33. The lowest BCUT2D eigenvalue weighted by Gasteiger charge is -2.31. The summed E-state index contributed by atoms with van der Waals surface area (Å²) in [5.74, 6) is -1.38. The maximum absolute atomic E-state index is 12.7. The smallest absolute Gasteiger partial charge is 0.306 e. The molecule has 0 fully saturated rings. The van der Waals surface area contributed by atoms with Crippen molar-refractivity contribution >= 4 is 29.2 Å². The number of ether oxygens (including phenoxy) is 1. The second kappa shape index (κ2) is 6.26. The second-order valence-corrected chi connectivity index (χ2v) is 7.09. The molecule has 1 atom stereocenters. The van der Waals surface area contributed by atoms with Crippen molar-refractivity contribution in [1.29, 1.82) is 0 Å². The summed E-state index contributed by atoms with van der Waals surface area (Å²) in [7, 11) is 0. The maximum atomic E-state index is 12.7. The lowest BCUT2D eigenvalue weighted by Crippen LogP contribution is -2.44. The molecule has 5 nitrogen and oxygen atoms in total. The minimum atomic E-state index is -1.06. The molecule has 0 bridgehead atoms. The Morgan fingerprint density at radius 2 is 2.14 bits per heavy atom. The van der Waals surface area contributed by atoms with Crippen LogP contribution in [0.15, 0.2) is 18.2 Å². The van der Waals surface area contributed by atoms with Gasteiger partial charge < -0.3 is 14.7 Å². The predicted octanol–water partition coefficient (Wildman–Crippen LogP) is 3.09. The Hall–Kier alpha value is -1.59. The fourth-order valence-electron chi connectivity index (χ4n) is 2.43. The Kier molecular flexibility index (Phi) is 4.78. The van der Waals surface area contributed by atoms with Crippen molar-refractivity contribution in [1.82, 2.24) is 0 Å². The van der Waals surface area contributed by atoms with Gasteiger partial charge in [0.2, 0.25) is 0 Å². The first-order valence-electron chi connectivity index (χ1n) is 7.10. The molecule has 0 unspecified atom stereocenters. The summed E-state index contributed by atoms with van der Waals surface area (Å²) in [4.78, 5) is 25.3. The monoisotopic (exact) mass is 325 g/mol. The van der Waals surface area contributed by atoms with Gasteiger partial charge in [-0.3, -0.25) is 9.59 Å². The Labute approximate surface area is 134 Å². The van der Waals surface area contributed by atoms with Crippen LogP contribution in [-0.2, 0) is 20.9 Å². The van der Waals surface area contributed by atoms with Gasteiger partial charge in [0, 0.05) is 22.8 Å². The molecule has 120 valence electrons. The van der Waals surface area contributed by atoms with E-state index in [1.807, 2.05) is 20.8 Å². The third-order valence-corrected chi connectivity index (χ3v) is 3.54. The van der Waals surface area contributed by atoms with Crippen LogP contribution in [0.25, 0.3) is 0 Å². The van der Waals surface area contributed by atoms with Gasteiger partial charge in [-0.05, 0) is 23.6 Å². The number of anilines is 1. The first-order chi connectivity index (χ1) is 10.2. The Morgan fingerprint density at radius 3 is 2.73 bits per heavy atom. The fraction of sp³-hybridized carbons (Fsp3) is 0.500. The molecule has 1 aliphatic heterocycles. The van der Waals surface area contributed by atoms with E-state index in [9.17, 15) is 9.59 Å². The van der Waals surface area contributed by atoms with Crippen molar-refractivity contribution in [3.05, 3.63) is 28.8 Å². The number of rotatable bonds is 3. The van der Waals surface area contributed by atoms with Crippen LogP contribution in [0, 0.1) is 5.41 Å². The number of aliphatic carboxylic acids is 1. The number of carboxylic acids is 1. The van der Waals surface area contributed by atoms with Crippen molar-refractivity contribution in [3.63, 3.8) is 0 Å².